The molecule has 0 aliphatic heterocycles. The fourth-order valence-electron chi connectivity index (χ4n) is 4.47. The van der Waals surface area contributed by atoms with Crippen LogP contribution in [-0.2, 0) is 6.54 Å². The summed E-state index contributed by atoms with van der Waals surface area (Å²) in [4.78, 5) is 2.52. The van der Waals surface area contributed by atoms with Crippen molar-refractivity contribution in [3.8, 4) is 22.6 Å². The molecule has 242 valence electrons. The summed E-state index contributed by atoms with van der Waals surface area (Å²) in [6.45, 7) is 26.9. The van der Waals surface area contributed by atoms with Crippen molar-refractivity contribution in [2.45, 2.75) is 80.7 Å². The highest BCUT2D eigenvalue weighted by molar-refractivity contribution is 5.88. The Labute approximate surface area is 269 Å². The van der Waals surface area contributed by atoms with Gasteiger partial charge in [-0.3, -0.25) is 4.90 Å². The molecule has 0 atom stereocenters. The van der Waals surface area contributed by atoms with Gasteiger partial charge in [0.15, 0.2) is 11.5 Å². The van der Waals surface area contributed by atoms with E-state index in [0.29, 0.717) is 5.92 Å². The molecule has 0 saturated carbocycles. The minimum absolute atomic E-state index is 0.0240. The fraction of sp³-hybridized carbons (Fsp3) is 0.400. The van der Waals surface area contributed by atoms with Crippen LogP contribution in [0, 0.1) is 5.92 Å². The lowest BCUT2D eigenvalue weighted by atomic mass is 9.94. The zero-order valence-corrected chi connectivity index (χ0v) is 29.0. The summed E-state index contributed by atoms with van der Waals surface area (Å²) in [5.74, 6) is 0.676. The highest BCUT2D eigenvalue weighted by atomic mass is 16.3. The van der Waals surface area contributed by atoms with Crippen LogP contribution >= 0.6 is 0 Å². The Morgan fingerprint density at radius 2 is 1.50 bits per heavy atom. The Kier molecular flexibility index (Phi) is 21.0. The SMILES string of the molecule is C=C/C=C\C(=C/C)CCN(CCC)Cc1ccc2cc(-c3cc(O)c(O)c(C(C)C)c3)ccc2c1.C=CC(C)C.CC.CN. The van der Waals surface area contributed by atoms with Crippen molar-refractivity contribution < 1.29 is 10.2 Å². The number of hydrogen-bond acceptors (Lipinski definition) is 4. The van der Waals surface area contributed by atoms with Crippen molar-refractivity contribution in [2.24, 2.45) is 11.7 Å². The van der Waals surface area contributed by atoms with Gasteiger partial charge in [0.1, 0.15) is 0 Å². The van der Waals surface area contributed by atoms with Crippen LogP contribution in [-0.4, -0.2) is 35.3 Å². The number of rotatable bonds is 12. The standard InChI is InChI=1S/C32H39NO2.C5H10.C2H6.CH5N/c1-6-9-10-24(8-3)15-17-33(16-7-2)22-25-11-12-27-19-28(14-13-26(27)18-25)29-20-30(23(4)5)32(35)31(34)21-29;1-4-5(2)3;2*1-2/h6,8-14,18-21,23,34-35H,1,7,15-17,22H2,2-5H3;4-5H,1H2,2-3H3;1-2H3;2H2,1H3/b10-9-,24-8+;;;. The Balaban J connectivity index is 0.00000183. The molecule has 0 aromatic heterocycles. The molecule has 0 fully saturated rings. The maximum atomic E-state index is 10.2. The van der Waals surface area contributed by atoms with Gasteiger partial charge in [-0.2, -0.15) is 0 Å². The first-order valence-corrected chi connectivity index (χ1v) is 16.1. The molecule has 4 N–H and O–H groups in total. The molecular formula is C40H60N2O2. The molecule has 0 unspecified atom stereocenters. The molecule has 0 radical (unpaired) electrons. The lowest BCUT2D eigenvalue weighted by molar-refractivity contribution is 0.270. The monoisotopic (exact) mass is 600 g/mol. The third-order valence-corrected chi connectivity index (χ3v) is 6.93. The fourth-order valence-corrected chi connectivity index (χ4v) is 4.47. The van der Waals surface area contributed by atoms with E-state index in [0.717, 1.165) is 54.6 Å². The van der Waals surface area contributed by atoms with Crippen LogP contribution in [0.1, 0.15) is 85.3 Å². The van der Waals surface area contributed by atoms with Crippen molar-refractivity contribution in [1.82, 2.24) is 4.90 Å². The molecule has 3 rings (SSSR count). The van der Waals surface area contributed by atoms with Crippen molar-refractivity contribution >= 4 is 10.8 Å². The molecule has 0 aliphatic carbocycles. The largest absolute Gasteiger partial charge is 0.504 e. The van der Waals surface area contributed by atoms with Crippen LogP contribution < -0.4 is 5.73 Å². The minimum Gasteiger partial charge on any atom is -0.504 e. The first-order valence-electron chi connectivity index (χ1n) is 16.1. The smallest absolute Gasteiger partial charge is 0.160 e. The van der Waals surface area contributed by atoms with Gasteiger partial charge in [0.2, 0.25) is 0 Å². The normalized spacial score (nSPS) is 11.1. The van der Waals surface area contributed by atoms with Crippen molar-refractivity contribution in [1.29, 1.82) is 0 Å². The summed E-state index contributed by atoms with van der Waals surface area (Å²) in [5, 5.41) is 22.8. The van der Waals surface area contributed by atoms with Crippen molar-refractivity contribution in [3.05, 3.63) is 109 Å². The summed E-state index contributed by atoms with van der Waals surface area (Å²) in [6.07, 6.45) is 12.2. The van der Waals surface area contributed by atoms with Gasteiger partial charge in [0, 0.05) is 18.7 Å². The maximum Gasteiger partial charge on any atom is 0.160 e. The lowest BCUT2D eigenvalue weighted by Crippen LogP contribution is -2.25. The second kappa shape index (κ2) is 22.9. The van der Waals surface area contributed by atoms with E-state index in [-0.39, 0.29) is 17.4 Å². The average molecular weight is 601 g/mol. The Morgan fingerprint density at radius 3 is 2.05 bits per heavy atom. The molecule has 4 heteroatoms. The van der Waals surface area contributed by atoms with Crippen LogP contribution in [0.3, 0.4) is 0 Å². The summed E-state index contributed by atoms with van der Waals surface area (Å²) in [6, 6.07) is 16.7. The number of fused-ring (bicyclic) bond motifs is 1. The molecule has 0 aliphatic rings. The third-order valence-electron chi connectivity index (χ3n) is 6.93. The summed E-state index contributed by atoms with van der Waals surface area (Å²) in [7, 11) is 1.50. The lowest BCUT2D eigenvalue weighted by Gasteiger charge is -2.22. The second-order valence-corrected chi connectivity index (χ2v) is 10.9. The molecule has 0 heterocycles. The van der Waals surface area contributed by atoms with E-state index >= 15 is 0 Å². The van der Waals surface area contributed by atoms with Gasteiger partial charge in [0.05, 0.1) is 0 Å². The summed E-state index contributed by atoms with van der Waals surface area (Å²) < 4.78 is 0. The van der Waals surface area contributed by atoms with Gasteiger partial charge < -0.3 is 15.9 Å². The van der Waals surface area contributed by atoms with Crippen LogP contribution in [0.15, 0.2) is 97.6 Å². The topological polar surface area (TPSA) is 69.7 Å². The zero-order valence-electron chi connectivity index (χ0n) is 29.0. The number of aromatic hydroxyl groups is 2. The van der Waals surface area contributed by atoms with E-state index in [1.165, 1.54) is 23.6 Å². The molecule has 0 spiro atoms. The van der Waals surface area contributed by atoms with Crippen LogP contribution in [0.5, 0.6) is 11.5 Å². The van der Waals surface area contributed by atoms with Crippen LogP contribution in [0.4, 0.5) is 0 Å². The molecule has 0 amide bonds. The number of allylic oxidation sites excluding steroid dienone is 5. The van der Waals surface area contributed by atoms with E-state index in [2.05, 4.69) is 100 Å². The molecule has 3 aromatic carbocycles. The first-order chi connectivity index (χ1) is 21.1. The van der Waals surface area contributed by atoms with Gasteiger partial charge in [0.25, 0.3) is 0 Å². The zero-order chi connectivity index (χ0) is 33.7. The predicted molar refractivity (Wildman–Crippen MR) is 197 cm³/mol. The quantitative estimate of drug-likeness (QED) is 0.110. The van der Waals surface area contributed by atoms with E-state index < -0.39 is 0 Å². The number of benzene rings is 3. The highest BCUT2D eigenvalue weighted by Crippen LogP contribution is 2.38. The van der Waals surface area contributed by atoms with Gasteiger partial charge in [-0.1, -0.05) is 115 Å². The minimum atomic E-state index is -0.0706. The molecule has 0 bridgehead atoms. The number of hydrogen-bond donors (Lipinski definition) is 3. The number of nitrogens with two attached hydrogens (primary N) is 1. The van der Waals surface area contributed by atoms with E-state index in [1.54, 1.807) is 6.07 Å². The average Bonchev–Trinajstić information content (AvgIpc) is 3.04. The van der Waals surface area contributed by atoms with E-state index in [9.17, 15) is 10.2 Å². The van der Waals surface area contributed by atoms with Crippen molar-refractivity contribution in [3.63, 3.8) is 0 Å². The van der Waals surface area contributed by atoms with E-state index in [1.807, 2.05) is 52.0 Å². The second-order valence-electron chi connectivity index (χ2n) is 10.9. The Bertz CT molecular complexity index is 1320. The first kappa shape index (κ1) is 40.4. The maximum absolute atomic E-state index is 10.2. The Morgan fingerprint density at radius 1 is 0.886 bits per heavy atom. The highest BCUT2D eigenvalue weighted by Gasteiger charge is 2.14. The van der Waals surface area contributed by atoms with Gasteiger partial charge in [-0.15, -0.1) is 6.58 Å². The summed E-state index contributed by atoms with van der Waals surface area (Å²) >= 11 is 0. The van der Waals surface area contributed by atoms with Crippen molar-refractivity contribution in [2.75, 3.05) is 20.1 Å². The Hall–Kier alpha value is -3.60. The van der Waals surface area contributed by atoms with Gasteiger partial charge in [-0.05, 0) is 96.9 Å². The van der Waals surface area contributed by atoms with Gasteiger partial charge in [-0.25, -0.2) is 0 Å². The number of phenols is 2. The summed E-state index contributed by atoms with van der Waals surface area (Å²) in [5.41, 5.74) is 9.84. The molecule has 3 aromatic rings. The predicted octanol–water partition coefficient (Wildman–Crippen LogP) is 10.8. The molecule has 44 heavy (non-hydrogen) atoms. The molecular weight excluding hydrogens is 540 g/mol. The van der Waals surface area contributed by atoms with Crippen LogP contribution in [0.25, 0.3) is 21.9 Å². The molecule has 4 nitrogen and oxygen atoms in total. The van der Waals surface area contributed by atoms with E-state index in [4.69, 9.17) is 0 Å². The number of nitrogens with zero attached hydrogens (tertiary/aromatic N) is 1. The third kappa shape index (κ3) is 13.8. The van der Waals surface area contributed by atoms with Crippen LogP contribution in [0.2, 0.25) is 0 Å². The number of phenolic OH excluding ortho intramolecular Hbond substituents is 2. The van der Waals surface area contributed by atoms with Gasteiger partial charge >= 0.3 is 0 Å². The molecule has 0 saturated heterocycles.